The van der Waals surface area contributed by atoms with Crippen molar-refractivity contribution in [2.75, 3.05) is 26.7 Å². The summed E-state index contributed by atoms with van der Waals surface area (Å²) in [7, 11) is 1.99. The van der Waals surface area contributed by atoms with Crippen molar-refractivity contribution in [2.24, 2.45) is 0 Å². The second-order valence-electron chi connectivity index (χ2n) is 6.26. The lowest BCUT2D eigenvalue weighted by Gasteiger charge is -2.35. The van der Waals surface area contributed by atoms with Crippen molar-refractivity contribution in [1.29, 1.82) is 0 Å². The molecule has 0 N–H and O–H groups in total. The van der Waals surface area contributed by atoms with Gasteiger partial charge in [-0.3, -0.25) is 0 Å². The van der Waals surface area contributed by atoms with Crippen molar-refractivity contribution >= 4 is 23.4 Å². The van der Waals surface area contributed by atoms with E-state index in [0.29, 0.717) is 18.2 Å². The van der Waals surface area contributed by atoms with Crippen molar-refractivity contribution in [2.45, 2.75) is 22.4 Å². The Kier molecular flexibility index (Phi) is 6.17. The molecular formula is C19H19ClF3NOS. The van der Waals surface area contributed by atoms with E-state index in [4.69, 9.17) is 16.3 Å². The molecule has 26 heavy (non-hydrogen) atoms. The number of hydrogen-bond donors (Lipinski definition) is 0. The number of nitrogens with zero attached hydrogens (tertiary/aromatic N) is 1. The summed E-state index contributed by atoms with van der Waals surface area (Å²) >= 11 is 7.17. The second kappa shape index (κ2) is 8.21. The van der Waals surface area contributed by atoms with Crippen molar-refractivity contribution in [3.05, 3.63) is 64.7 Å². The Labute approximate surface area is 160 Å². The van der Waals surface area contributed by atoms with Crippen LogP contribution in [0.25, 0.3) is 0 Å². The second-order valence-corrected chi connectivity index (χ2v) is 7.88. The van der Waals surface area contributed by atoms with Crippen LogP contribution in [0, 0.1) is 0 Å². The maximum absolute atomic E-state index is 13.4. The van der Waals surface area contributed by atoms with Crippen LogP contribution in [0.1, 0.15) is 16.4 Å². The highest BCUT2D eigenvalue weighted by atomic mass is 35.5. The number of likely N-dealkylation sites (N-methyl/N-ethyl adjacent to an activating group) is 1. The lowest BCUT2D eigenvalue weighted by atomic mass is 10.1. The van der Waals surface area contributed by atoms with E-state index >= 15 is 0 Å². The molecule has 0 bridgehead atoms. The van der Waals surface area contributed by atoms with Crippen molar-refractivity contribution < 1.29 is 17.9 Å². The quantitative estimate of drug-likeness (QED) is 0.625. The summed E-state index contributed by atoms with van der Waals surface area (Å²) in [5.74, 6) is 0. The van der Waals surface area contributed by atoms with E-state index in [1.807, 2.05) is 19.2 Å². The molecule has 0 aliphatic carbocycles. The molecule has 0 saturated carbocycles. The Morgan fingerprint density at radius 3 is 2.50 bits per heavy atom. The molecule has 1 fully saturated rings. The van der Waals surface area contributed by atoms with E-state index < -0.39 is 11.7 Å². The summed E-state index contributed by atoms with van der Waals surface area (Å²) < 4.78 is 46.1. The van der Waals surface area contributed by atoms with Gasteiger partial charge in [0.2, 0.25) is 0 Å². The number of ether oxygens (including phenoxy) is 1. The zero-order valence-electron chi connectivity index (χ0n) is 14.2. The van der Waals surface area contributed by atoms with Crippen LogP contribution in [-0.4, -0.2) is 37.7 Å². The number of rotatable bonds is 4. The Morgan fingerprint density at radius 2 is 1.85 bits per heavy atom. The SMILES string of the molecule is CN1CCO[C@H]([C@@H](Sc2ccccc2C(F)(F)F)c2ccc(Cl)cc2)C1. The molecule has 0 aromatic heterocycles. The summed E-state index contributed by atoms with van der Waals surface area (Å²) in [6.07, 6.45) is -4.60. The van der Waals surface area contributed by atoms with Crippen LogP contribution in [-0.2, 0) is 10.9 Å². The van der Waals surface area contributed by atoms with E-state index in [-0.39, 0.29) is 16.2 Å². The predicted octanol–water partition coefficient (Wildman–Crippen LogP) is 5.52. The number of hydrogen-bond acceptors (Lipinski definition) is 3. The molecule has 0 amide bonds. The van der Waals surface area contributed by atoms with Crippen LogP contribution in [0.3, 0.4) is 0 Å². The van der Waals surface area contributed by atoms with Gasteiger partial charge in [-0.2, -0.15) is 13.2 Å². The lowest BCUT2D eigenvalue weighted by Crippen LogP contribution is -2.42. The number of alkyl halides is 3. The minimum atomic E-state index is -4.39. The molecule has 2 aromatic rings. The van der Waals surface area contributed by atoms with Gasteiger partial charge in [-0.15, -0.1) is 11.8 Å². The summed E-state index contributed by atoms with van der Waals surface area (Å²) in [6, 6.07) is 12.9. The minimum Gasteiger partial charge on any atom is -0.374 e. The first-order valence-electron chi connectivity index (χ1n) is 8.23. The fraction of sp³-hybridized carbons (Fsp3) is 0.368. The Bertz CT molecular complexity index is 738. The summed E-state index contributed by atoms with van der Waals surface area (Å²) in [5.41, 5.74) is 0.282. The third-order valence-electron chi connectivity index (χ3n) is 4.28. The summed E-state index contributed by atoms with van der Waals surface area (Å²) in [4.78, 5) is 2.34. The predicted molar refractivity (Wildman–Crippen MR) is 98.7 cm³/mol. The Balaban J connectivity index is 1.95. The Hall–Kier alpha value is -1.21. The highest BCUT2D eigenvalue weighted by Crippen LogP contribution is 2.45. The standard InChI is InChI=1S/C19H19ClF3NOS/c1-24-10-11-25-16(12-24)18(13-6-8-14(20)9-7-13)26-17-5-3-2-4-15(17)19(21,22)23/h2-9,16,18H,10-12H2,1H3/t16-,18-/m0/s1. The molecule has 0 radical (unpaired) electrons. The van der Waals surface area contributed by atoms with Crippen LogP contribution in [0.2, 0.25) is 5.02 Å². The molecule has 140 valence electrons. The van der Waals surface area contributed by atoms with Crippen LogP contribution in [0.15, 0.2) is 53.4 Å². The highest BCUT2D eigenvalue weighted by Gasteiger charge is 2.36. The van der Waals surface area contributed by atoms with E-state index in [1.54, 1.807) is 18.2 Å². The zero-order valence-corrected chi connectivity index (χ0v) is 15.7. The van der Waals surface area contributed by atoms with Gasteiger partial charge in [0.15, 0.2) is 0 Å². The van der Waals surface area contributed by atoms with Gasteiger partial charge in [0.05, 0.1) is 23.5 Å². The number of benzene rings is 2. The van der Waals surface area contributed by atoms with Crippen molar-refractivity contribution in [3.63, 3.8) is 0 Å². The normalized spacial score (nSPS) is 20.1. The minimum absolute atomic E-state index is 0.205. The molecular weight excluding hydrogens is 383 g/mol. The summed E-state index contributed by atoms with van der Waals surface area (Å²) in [6.45, 7) is 2.04. The summed E-state index contributed by atoms with van der Waals surface area (Å²) in [5, 5.41) is 0.327. The molecule has 0 spiro atoms. The fourth-order valence-corrected chi connectivity index (χ4v) is 4.42. The molecule has 7 heteroatoms. The molecule has 3 rings (SSSR count). The largest absolute Gasteiger partial charge is 0.417 e. The van der Waals surface area contributed by atoms with Gasteiger partial charge in [0, 0.05) is 23.0 Å². The highest BCUT2D eigenvalue weighted by molar-refractivity contribution is 7.99. The number of halogens is 4. The Morgan fingerprint density at radius 1 is 1.15 bits per heavy atom. The molecule has 2 aromatic carbocycles. The first-order chi connectivity index (χ1) is 12.3. The van der Waals surface area contributed by atoms with Crippen LogP contribution in [0.5, 0.6) is 0 Å². The van der Waals surface area contributed by atoms with E-state index in [1.165, 1.54) is 23.9 Å². The lowest BCUT2D eigenvalue weighted by molar-refractivity contribution is -0.139. The molecule has 1 aliphatic rings. The first-order valence-corrected chi connectivity index (χ1v) is 9.49. The molecule has 2 nitrogen and oxygen atoms in total. The van der Waals surface area contributed by atoms with Crippen molar-refractivity contribution in [1.82, 2.24) is 4.90 Å². The first kappa shape index (κ1) is 19.5. The molecule has 0 unspecified atom stereocenters. The van der Waals surface area contributed by atoms with Gasteiger partial charge in [-0.05, 0) is 36.9 Å². The third kappa shape index (κ3) is 4.74. The van der Waals surface area contributed by atoms with E-state index in [9.17, 15) is 13.2 Å². The van der Waals surface area contributed by atoms with Crippen molar-refractivity contribution in [3.8, 4) is 0 Å². The average molecular weight is 402 g/mol. The number of morpholine rings is 1. The van der Waals surface area contributed by atoms with Crippen LogP contribution in [0.4, 0.5) is 13.2 Å². The number of thioether (sulfide) groups is 1. The van der Waals surface area contributed by atoms with Gasteiger partial charge < -0.3 is 9.64 Å². The molecule has 2 atom stereocenters. The maximum Gasteiger partial charge on any atom is 0.417 e. The van der Waals surface area contributed by atoms with Gasteiger partial charge in [0.25, 0.3) is 0 Å². The van der Waals surface area contributed by atoms with Gasteiger partial charge in [-0.25, -0.2) is 0 Å². The van der Waals surface area contributed by atoms with Crippen LogP contribution >= 0.6 is 23.4 Å². The molecule has 1 saturated heterocycles. The maximum atomic E-state index is 13.4. The van der Waals surface area contributed by atoms with E-state index in [2.05, 4.69) is 4.90 Å². The van der Waals surface area contributed by atoms with Gasteiger partial charge >= 0.3 is 6.18 Å². The fourth-order valence-electron chi connectivity index (χ4n) is 2.95. The zero-order chi connectivity index (χ0) is 18.7. The van der Waals surface area contributed by atoms with Gasteiger partial charge in [-0.1, -0.05) is 35.9 Å². The monoisotopic (exact) mass is 401 g/mol. The molecule has 1 aliphatic heterocycles. The van der Waals surface area contributed by atoms with E-state index in [0.717, 1.165) is 18.2 Å². The third-order valence-corrected chi connectivity index (χ3v) is 5.97. The topological polar surface area (TPSA) is 12.5 Å². The smallest absolute Gasteiger partial charge is 0.374 e. The van der Waals surface area contributed by atoms with Gasteiger partial charge in [0.1, 0.15) is 0 Å². The average Bonchev–Trinajstić information content (AvgIpc) is 2.60. The molecule has 1 heterocycles. The van der Waals surface area contributed by atoms with Crippen LogP contribution < -0.4 is 0 Å².